The number of pyridine rings is 1. The van der Waals surface area contributed by atoms with E-state index < -0.39 is 11.7 Å². The molecule has 0 saturated carbocycles. The number of nitrogens with one attached hydrogen (secondary N) is 1. The van der Waals surface area contributed by atoms with Gasteiger partial charge in [-0.15, -0.1) is 0 Å². The summed E-state index contributed by atoms with van der Waals surface area (Å²) >= 11 is 0. The number of ether oxygens (including phenoxy) is 1. The molecule has 1 amide bonds. The molecule has 3 atom stereocenters. The zero-order valence-electron chi connectivity index (χ0n) is 17.5. The van der Waals surface area contributed by atoms with Crippen molar-refractivity contribution in [3.8, 4) is 0 Å². The lowest BCUT2D eigenvalue weighted by molar-refractivity contribution is -0.137. The fourth-order valence-electron chi connectivity index (χ4n) is 4.85. The molecular formula is C23H25F3N4O2. The Bertz CT molecular complexity index is 982. The Morgan fingerprint density at radius 1 is 1.16 bits per heavy atom. The molecule has 3 saturated heterocycles. The SMILES string of the molecule is O=C(Cc1ccc(N2CC3CC2CO3)cc1)NC1CCN(c2cncc(C(F)(F)F)c2)C1. The van der Waals surface area contributed by atoms with Gasteiger partial charge in [0.1, 0.15) is 0 Å². The van der Waals surface area contributed by atoms with Gasteiger partial charge in [0.2, 0.25) is 5.91 Å². The first kappa shape index (κ1) is 21.1. The van der Waals surface area contributed by atoms with E-state index in [2.05, 4.69) is 27.3 Å². The number of amides is 1. The van der Waals surface area contributed by atoms with E-state index in [9.17, 15) is 18.0 Å². The summed E-state index contributed by atoms with van der Waals surface area (Å²) in [6.45, 7) is 2.74. The number of hydrogen-bond acceptors (Lipinski definition) is 5. The van der Waals surface area contributed by atoms with Crippen LogP contribution in [0.5, 0.6) is 0 Å². The molecule has 1 N–H and O–H groups in total. The van der Waals surface area contributed by atoms with Crippen molar-refractivity contribution < 1.29 is 22.7 Å². The van der Waals surface area contributed by atoms with E-state index in [1.165, 1.54) is 6.20 Å². The molecule has 3 aliphatic heterocycles. The van der Waals surface area contributed by atoms with Crippen molar-refractivity contribution in [2.45, 2.75) is 43.6 Å². The largest absolute Gasteiger partial charge is 0.417 e. The fraction of sp³-hybridized carbons (Fsp3) is 0.478. The summed E-state index contributed by atoms with van der Waals surface area (Å²) in [5.74, 6) is -0.0830. The Balaban J connectivity index is 1.14. The molecule has 32 heavy (non-hydrogen) atoms. The molecule has 170 valence electrons. The third-order valence-electron chi connectivity index (χ3n) is 6.50. The highest BCUT2D eigenvalue weighted by atomic mass is 19.4. The molecule has 1 aromatic carbocycles. The lowest BCUT2D eigenvalue weighted by atomic mass is 10.1. The number of carbonyl (C=O) groups excluding carboxylic acids is 1. The molecule has 2 aromatic rings. The number of benzene rings is 1. The van der Waals surface area contributed by atoms with Crippen molar-refractivity contribution in [1.82, 2.24) is 10.3 Å². The first-order valence-electron chi connectivity index (χ1n) is 10.9. The molecular weight excluding hydrogens is 421 g/mol. The maximum Gasteiger partial charge on any atom is 0.417 e. The van der Waals surface area contributed by atoms with Gasteiger partial charge >= 0.3 is 6.18 Å². The second-order valence-electron chi connectivity index (χ2n) is 8.77. The van der Waals surface area contributed by atoms with Gasteiger partial charge in [0, 0.05) is 37.6 Å². The lowest BCUT2D eigenvalue weighted by Gasteiger charge is -2.29. The van der Waals surface area contributed by atoms with Crippen LogP contribution in [-0.4, -0.2) is 55.3 Å². The minimum absolute atomic E-state index is 0.0830. The van der Waals surface area contributed by atoms with Gasteiger partial charge in [-0.3, -0.25) is 9.78 Å². The van der Waals surface area contributed by atoms with Crippen LogP contribution in [0.25, 0.3) is 0 Å². The number of carbonyl (C=O) groups is 1. The number of nitrogens with zero attached hydrogens (tertiary/aromatic N) is 3. The maximum atomic E-state index is 12.9. The van der Waals surface area contributed by atoms with Crippen molar-refractivity contribution in [3.05, 3.63) is 53.9 Å². The molecule has 6 nitrogen and oxygen atoms in total. The smallest absolute Gasteiger partial charge is 0.374 e. The van der Waals surface area contributed by atoms with Crippen LogP contribution in [0.2, 0.25) is 0 Å². The zero-order valence-corrected chi connectivity index (χ0v) is 17.5. The Morgan fingerprint density at radius 2 is 1.97 bits per heavy atom. The highest BCUT2D eigenvalue weighted by Crippen LogP contribution is 2.33. The van der Waals surface area contributed by atoms with Gasteiger partial charge in [0.15, 0.2) is 0 Å². The number of rotatable bonds is 5. The monoisotopic (exact) mass is 446 g/mol. The van der Waals surface area contributed by atoms with E-state index in [0.29, 0.717) is 37.3 Å². The van der Waals surface area contributed by atoms with E-state index in [1.807, 2.05) is 17.0 Å². The van der Waals surface area contributed by atoms with Crippen LogP contribution in [0.15, 0.2) is 42.7 Å². The van der Waals surface area contributed by atoms with Crippen molar-refractivity contribution in [3.63, 3.8) is 0 Å². The van der Waals surface area contributed by atoms with E-state index in [0.717, 1.165) is 43.1 Å². The summed E-state index contributed by atoms with van der Waals surface area (Å²) in [4.78, 5) is 20.4. The standard InChI is InChI=1S/C23H25F3N4O2/c24-23(25,26)16-8-19(11-27-10-16)29-6-5-17(12-29)28-22(31)7-15-1-3-18(4-2-15)30-13-21-9-20(30)14-32-21/h1-4,8,10-11,17,20-21H,5-7,9,12-14H2,(H,28,31). The molecule has 4 heterocycles. The summed E-state index contributed by atoms with van der Waals surface area (Å²) < 4.78 is 44.5. The highest BCUT2D eigenvalue weighted by Gasteiger charge is 2.39. The number of alkyl halides is 3. The quantitative estimate of drug-likeness (QED) is 0.765. The lowest BCUT2D eigenvalue weighted by Crippen LogP contribution is -2.38. The summed E-state index contributed by atoms with van der Waals surface area (Å²) in [5, 5.41) is 3.01. The van der Waals surface area contributed by atoms with Gasteiger partial charge in [-0.25, -0.2) is 0 Å². The summed E-state index contributed by atoms with van der Waals surface area (Å²) in [7, 11) is 0. The van der Waals surface area contributed by atoms with Crippen molar-refractivity contribution >= 4 is 17.3 Å². The van der Waals surface area contributed by atoms with Crippen LogP contribution in [0.1, 0.15) is 24.0 Å². The Kier molecular flexibility index (Phi) is 5.44. The first-order valence-corrected chi connectivity index (χ1v) is 10.9. The number of morpholine rings is 1. The molecule has 5 rings (SSSR count). The van der Waals surface area contributed by atoms with Gasteiger partial charge < -0.3 is 19.9 Å². The van der Waals surface area contributed by atoms with Crippen LogP contribution in [0.3, 0.4) is 0 Å². The molecule has 2 bridgehead atoms. The molecule has 3 aliphatic rings. The minimum Gasteiger partial charge on any atom is -0.374 e. The number of fused-ring (bicyclic) bond motifs is 2. The molecule has 0 radical (unpaired) electrons. The second-order valence-corrected chi connectivity index (χ2v) is 8.77. The van der Waals surface area contributed by atoms with E-state index in [1.54, 1.807) is 0 Å². The fourth-order valence-corrected chi connectivity index (χ4v) is 4.85. The van der Waals surface area contributed by atoms with Gasteiger partial charge in [-0.2, -0.15) is 13.2 Å². The highest BCUT2D eigenvalue weighted by molar-refractivity contribution is 5.79. The topological polar surface area (TPSA) is 57.7 Å². The molecule has 0 spiro atoms. The van der Waals surface area contributed by atoms with Gasteiger partial charge in [0.25, 0.3) is 0 Å². The average Bonchev–Trinajstić information content (AvgIpc) is 3.51. The maximum absolute atomic E-state index is 12.9. The van der Waals surface area contributed by atoms with E-state index >= 15 is 0 Å². The molecule has 1 aromatic heterocycles. The molecule has 3 fully saturated rings. The third kappa shape index (κ3) is 4.39. The van der Waals surface area contributed by atoms with Crippen molar-refractivity contribution in [2.24, 2.45) is 0 Å². The molecule has 3 unspecified atom stereocenters. The van der Waals surface area contributed by atoms with Crippen LogP contribution in [0, 0.1) is 0 Å². The first-order chi connectivity index (χ1) is 15.3. The number of aromatic nitrogens is 1. The minimum atomic E-state index is -4.42. The second kappa shape index (κ2) is 8.27. The number of hydrogen-bond donors (Lipinski definition) is 1. The zero-order chi connectivity index (χ0) is 22.3. The van der Waals surface area contributed by atoms with Crippen molar-refractivity contribution in [1.29, 1.82) is 0 Å². The normalized spacial score (nSPS) is 24.9. The summed E-state index contributed by atoms with van der Waals surface area (Å²) in [6, 6.07) is 9.54. The average molecular weight is 446 g/mol. The van der Waals surface area contributed by atoms with Crippen LogP contribution in [0.4, 0.5) is 24.5 Å². The summed E-state index contributed by atoms with van der Waals surface area (Å²) in [5.41, 5.74) is 1.75. The van der Waals surface area contributed by atoms with Crippen LogP contribution >= 0.6 is 0 Å². The van der Waals surface area contributed by atoms with Crippen LogP contribution < -0.4 is 15.1 Å². The molecule has 9 heteroatoms. The van der Waals surface area contributed by atoms with Gasteiger partial charge in [-0.1, -0.05) is 12.1 Å². The Labute approximate surface area is 184 Å². The number of halogens is 3. The number of anilines is 2. The van der Waals surface area contributed by atoms with Gasteiger partial charge in [-0.05, 0) is 36.6 Å². The van der Waals surface area contributed by atoms with Gasteiger partial charge in [0.05, 0.1) is 42.6 Å². The van der Waals surface area contributed by atoms with E-state index in [4.69, 9.17) is 4.74 Å². The Hall–Kier alpha value is -2.81. The molecule has 0 aliphatic carbocycles. The summed E-state index contributed by atoms with van der Waals surface area (Å²) in [6.07, 6.45) is 0.207. The van der Waals surface area contributed by atoms with Crippen molar-refractivity contribution in [2.75, 3.05) is 36.0 Å². The Morgan fingerprint density at radius 3 is 2.66 bits per heavy atom. The van der Waals surface area contributed by atoms with E-state index in [-0.39, 0.29) is 18.4 Å². The third-order valence-corrected chi connectivity index (χ3v) is 6.50. The predicted molar refractivity (Wildman–Crippen MR) is 114 cm³/mol. The predicted octanol–water partition coefficient (Wildman–Crippen LogP) is 3.02. The van der Waals surface area contributed by atoms with Crippen LogP contribution in [-0.2, 0) is 22.1 Å².